The molecule has 2 aliphatic rings. The molecule has 4 rings (SSSR count). The quantitative estimate of drug-likeness (QED) is 0.798. The van der Waals surface area contributed by atoms with Crippen LogP contribution >= 0.6 is 0 Å². The Kier molecular flexibility index (Phi) is 3.45. The summed E-state index contributed by atoms with van der Waals surface area (Å²) in [6, 6.07) is 8.57. The van der Waals surface area contributed by atoms with Gasteiger partial charge in [-0.15, -0.1) is 0 Å². The van der Waals surface area contributed by atoms with Crippen molar-refractivity contribution in [3.8, 4) is 0 Å². The van der Waals surface area contributed by atoms with Crippen LogP contribution in [-0.2, 0) is 4.79 Å². The number of carbonyl (C=O) groups is 1. The van der Waals surface area contributed by atoms with Crippen molar-refractivity contribution >= 4 is 16.9 Å². The van der Waals surface area contributed by atoms with Gasteiger partial charge in [0.25, 0.3) is 0 Å². The van der Waals surface area contributed by atoms with E-state index < -0.39 is 0 Å². The van der Waals surface area contributed by atoms with Crippen molar-refractivity contribution < 1.29 is 4.79 Å². The number of fused-ring (bicyclic) bond motifs is 1. The number of aromatic nitrogens is 2. The fraction of sp³-hybridized carbons (Fsp3) is 0.444. The Bertz CT molecular complexity index is 718. The number of hydrogen-bond donors (Lipinski definition) is 0. The zero-order valence-electron chi connectivity index (χ0n) is 12.7. The number of para-hydroxylation sites is 2. The number of amides is 1. The summed E-state index contributed by atoms with van der Waals surface area (Å²) in [5.74, 6) is 0.541. The van der Waals surface area contributed by atoms with E-state index in [1.807, 2.05) is 24.5 Å². The Labute approximate surface area is 130 Å². The highest BCUT2D eigenvalue weighted by molar-refractivity contribution is 5.80. The SMILES string of the molecule is O=C(C1CC=CCC1)N1CCC(n2cnc3ccccc32)C1. The molecule has 1 fully saturated rings. The Morgan fingerprint density at radius 3 is 2.95 bits per heavy atom. The number of likely N-dealkylation sites (tertiary alicyclic amines) is 1. The summed E-state index contributed by atoms with van der Waals surface area (Å²) < 4.78 is 2.24. The molecular formula is C18H21N3O. The summed E-state index contributed by atoms with van der Waals surface area (Å²) in [5.41, 5.74) is 2.20. The number of allylic oxidation sites excluding steroid dienone is 2. The third-order valence-corrected chi connectivity index (χ3v) is 4.97. The molecule has 1 saturated heterocycles. The molecule has 4 heteroatoms. The van der Waals surface area contributed by atoms with Crippen LogP contribution in [0.5, 0.6) is 0 Å². The highest BCUT2D eigenvalue weighted by Gasteiger charge is 2.31. The Morgan fingerprint density at radius 1 is 1.18 bits per heavy atom. The van der Waals surface area contributed by atoms with Crippen molar-refractivity contribution in [1.29, 1.82) is 0 Å². The fourth-order valence-corrected chi connectivity index (χ4v) is 3.71. The second-order valence-corrected chi connectivity index (χ2v) is 6.35. The van der Waals surface area contributed by atoms with E-state index >= 15 is 0 Å². The lowest BCUT2D eigenvalue weighted by atomic mass is 9.93. The topological polar surface area (TPSA) is 38.1 Å². The van der Waals surface area contributed by atoms with E-state index in [0.717, 1.165) is 44.3 Å². The summed E-state index contributed by atoms with van der Waals surface area (Å²) in [6.45, 7) is 1.69. The molecule has 1 aromatic carbocycles. The van der Waals surface area contributed by atoms with Crippen LogP contribution in [0.1, 0.15) is 31.7 Å². The van der Waals surface area contributed by atoms with Gasteiger partial charge in [-0.25, -0.2) is 4.98 Å². The van der Waals surface area contributed by atoms with Crippen molar-refractivity contribution in [2.75, 3.05) is 13.1 Å². The lowest BCUT2D eigenvalue weighted by Crippen LogP contribution is -2.35. The Balaban J connectivity index is 1.50. The van der Waals surface area contributed by atoms with Crippen LogP contribution in [0.25, 0.3) is 11.0 Å². The highest BCUT2D eigenvalue weighted by atomic mass is 16.2. The summed E-state index contributed by atoms with van der Waals surface area (Å²) >= 11 is 0. The van der Waals surface area contributed by atoms with Crippen LogP contribution < -0.4 is 0 Å². The van der Waals surface area contributed by atoms with Gasteiger partial charge in [-0.2, -0.15) is 0 Å². The van der Waals surface area contributed by atoms with E-state index in [2.05, 4.69) is 32.7 Å². The second kappa shape index (κ2) is 5.59. The van der Waals surface area contributed by atoms with Gasteiger partial charge >= 0.3 is 0 Å². The Morgan fingerprint density at radius 2 is 2.09 bits per heavy atom. The molecule has 1 aliphatic carbocycles. The normalized spacial score (nSPS) is 25.0. The van der Waals surface area contributed by atoms with Gasteiger partial charge in [-0.1, -0.05) is 24.3 Å². The smallest absolute Gasteiger partial charge is 0.226 e. The van der Waals surface area contributed by atoms with Crippen molar-refractivity contribution in [2.24, 2.45) is 5.92 Å². The molecule has 0 saturated carbocycles. The van der Waals surface area contributed by atoms with E-state index in [1.165, 1.54) is 5.52 Å². The number of hydrogen-bond acceptors (Lipinski definition) is 2. The third-order valence-electron chi connectivity index (χ3n) is 4.97. The number of benzene rings is 1. The van der Waals surface area contributed by atoms with E-state index in [1.54, 1.807) is 0 Å². The zero-order chi connectivity index (χ0) is 14.9. The van der Waals surface area contributed by atoms with Crippen LogP contribution in [0.3, 0.4) is 0 Å². The molecule has 4 nitrogen and oxygen atoms in total. The fourth-order valence-electron chi connectivity index (χ4n) is 3.71. The van der Waals surface area contributed by atoms with Crippen LogP contribution in [0.15, 0.2) is 42.7 Å². The average Bonchev–Trinajstić information content (AvgIpc) is 3.21. The monoisotopic (exact) mass is 295 g/mol. The van der Waals surface area contributed by atoms with Crippen molar-refractivity contribution in [3.05, 3.63) is 42.7 Å². The number of carbonyl (C=O) groups excluding carboxylic acids is 1. The molecule has 2 atom stereocenters. The van der Waals surface area contributed by atoms with Crippen LogP contribution in [0, 0.1) is 5.92 Å². The van der Waals surface area contributed by atoms with Crippen LogP contribution in [-0.4, -0.2) is 33.4 Å². The number of rotatable bonds is 2. The first kappa shape index (κ1) is 13.6. The van der Waals surface area contributed by atoms with Crippen molar-refractivity contribution in [1.82, 2.24) is 14.5 Å². The minimum Gasteiger partial charge on any atom is -0.340 e. The molecule has 1 amide bonds. The highest BCUT2D eigenvalue weighted by Crippen LogP contribution is 2.29. The minimum atomic E-state index is 0.197. The lowest BCUT2D eigenvalue weighted by molar-refractivity contribution is -0.134. The number of nitrogens with zero attached hydrogens (tertiary/aromatic N) is 3. The first-order chi connectivity index (χ1) is 10.8. The van der Waals surface area contributed by atoms with Gasteiger partial charge in [-0.3, -0.25) is 4.79 Å². The van der Waals surface area contributed by atoms with Gasteiger partial charge in [0, 0.05) is 19.0 Å². The van der Waals surface area contributed by atoms with Crippen molar-refractivity contribution in [2.45, 2.75) is 31.7 Å². The van der Waals surface area contributed by atoms with E-state index in [9.17, 15) is 4.79 Å². The Hall–Kier alpha value is -2.10. The maximum absolute atomic E-state index is 12.6. The van der Waals surface area contributed by atoms with Gasteiger partial charge in [-0.05, 0) is 37.8 Å². The molecule has 0 spiro atoms. The van der Waals surface area contributed by atoms with Crippen LogP contribution in [0.2, 0.25) is 0 Å². The van der Waals surface area contributed by atoms with Gasteiger partial charge in [0.2, 0.25) is 5.91 Å². The standard InChI is InChI=1S/C18H21N3O/c22-18(14-6-2-1-3-7-14)20-11-10-15(12-20)21-13-19-16-8-4-5-9-17(16)21/h1-2,4-5,8-9,13-15H,3,6-7,10-12H2. The largest absolute Gasteiger partial charge is 0.340 e. The summed E-state index contributed by atoms with van der Waals surface area (Å²) in [6.07, 6.45) is 10.2. The third kappa shape index (κ3) is 2.32. The molecule has 1 aromatic heterocycles. The first-order valence-corrected chi connectivity index (χ1v) is 8.18. The summed E-state index contributed by atoms with van der Waals surface area (Å²) in [7, 11) is 0. The maximum atomic E-state index is 12.6. The average molecular weight is 295 g/mol. The predicted molar refractivity (Wildman–Crippen MR) is 86.4 cm³/mol. The lowest BCUT2D eigenvalue weighted by Gasteiger charge is -2.24. The van der Waals surface area contributed by atoms with E-state index in [0.29, 0.717) is 11.9 Å². The zero-order valence-corrected chi connectivity index (χ0v) is 12.7. The number of imidazole rings is 1. The van der Waals surface area contributed by atoms with Gasteiger partial charge < -0.3 is 9.47 Å². The molecule has 2 heterocycles. The molecule has 0 bridgehead atoms. The van der Waals surface area contributed by atoms with Gasteiger partial charge in [0.05, 0.1) is 23.4 Å². The molecule has 22 heavy (non-hydrogen) atoms. The molecular weight excluding hydrogens is 274 g/mol. The molecule has 1 aliphatic heterocycles. The van der Waals surface area contributed by atoms with Gasteiger partial charge in [0.15, 0.2) is 0 Å². The van der Waals surface area contributed by atoms with Crippen molar-refractivity contribution in [3.63, 3.8) is 0 Å². The second-order valence-electron chi connectivity index (χ2n) is 6.35. The van der Waals surface area contributed by atoms with E-state index in [4.69, 9.17) is 0 Å². The first-order valence-electron chi connectivity index (χ1n) is 8.18. The minimum absolute atomic E-state index is 0.197. The molecule has 2 unspecified atom stereocenters. The summed E-state index contributed by atoms with van der Waals surface area (Å²) in [4.78, 5) is 19.2. The predicted octanol–water partition coefficient (Wildman–Crippen LogP) is 3.17. The summed E-state index contributed by atoms with van der Waals surface area (Å²) in [5, 5.41) is 0. The van der Waals surface area contributed by atoms with Crippen LogP contribution in [0.4, 0.5) is 0 Å². The molecule has 0 N–H and O–H groups in total. The molecule has 0 radical (unpaired) electrons. The molecule has 114 valence electrons. The maximum Gasteiger partial charge on any atom is 0.226 e. The van der Waals surface area contributed by atoms with E-state index in [-0.39, 0.29) is 5.92 Å². The van der Waals surface area contributed by atoms with Gasteiger partial charge in [0.1, 0.15) is 0 Å². The molecule has 2 aromatic rings.